The fraction of sp³-hybridized carbons (Fsp3) is 0.125. The molecule has 2 N–H and O–H groups in total. The lowest BCUT2D eigenvalue weighted by Gasteiger charge is -2.15. The van der Waals surface area contributed by atoms with E-state index in [1.165, 1.54) is 26.8 Å². The molecule has 1 heterocycles. The number of halogens is 1. The van der Waals surface area contributed by atoms with Crippen molar-refractivity contribution in [3.05, 3.63) is 69.0 Å². The monoisotopic (exact) mass is 331 g/mol. The van der Waals surface area contributed by atoms with Crippen molar-refractivity contribution < 1.29 is 0 Å². The molecule has 0 spiro atoms. The van der Waals surface area contributed by atoms with Crippen molar-refractivity contribution in [1.29, 1.82) is 0 Å². The summed E-state index contributed by atoms with van der Waals surface area (Å²) in [5.41, 5.74) is 10.1. The SMILES string of the molecule is Cc1ccc(Br)cc1C(N)c1csc2ccccc12. The van der Waals surface area contributed by atoms with E-state index in [1.54, 1.807) is 11.3 Å². The summed E-state index contributed by atoms with van der Waals surface area (Å²) in [4.78, 5) is 0. The molecule has 1 atom stereocenters. The van der Waals surface area contributed by atoms with Crippen molar-refractivity contribution in [3.8, 4) is 0 Å². The minimum atomic E-state index is -0.0753. The van der Waals surface area contributed by atoms with Gasteiger partial charge in [0.15, 0.2) is 0 Å². The average Bonchev–Trinajstić information content (AvgIpc) is 2.84. The van der Waals surface area contributed by atoms with Gasteiger partial charge in [0.05, 0.1) is 6.04 Å². The molecule has 1 unspecified atom stereocenters. The smallest absolute Gasteiger partial charge is 0.0569 e. The second kappa shape index (κ2) is 5.08. The maximum atomic E-state index is 6.48. The summed E-state index contributed by atoms with van der Waals surface area (Å²) in [6.45, 7) is 2.11. The van der Waals surface area contributed by atoms with Crippen LogP contribution < -0.4 is 5.73 Å². The van der Waals surface area contributed by atoms with Gasteiger partial charge in [0.2, 0.25) is 0 Å². The first-order valence-electron chi connectivity index (χ1n) is 6.14. The van der Waals surface area contributed by atoms with Crippen LogP contribution in [-0.2, 0) is 0 Å². The first-order valence-corrected chi connectivity index (χ1v) is 7.82. The molecule has 3 aromatic rings. The minimum Gasteiger partial charge on any atom is -0.320 e. The molecule has 3 heteroatoms. The lowest BCUT2D eigenvalue weighted by molar-refractivity contribution is 0.873. The lowest BCUT2D eigenvalue weighted by atomic mass is 9.95. The lowest BCUT2D eigenvalue weighted by Crippen LogP contribution is -2.12. The van der Waals surface area contributed by atoms with E-state index in [2.05, 4.69) is 70.7 Å². The van der Waals surface area contributed by atoms with E-state index >= 15 is 0 Å². The van der Waals surface area contributed by atoms with Crippen molar-refractivity contribution in [1.82, 2.24) is 0 Å². The molecule has 0 saturated heterocycles. The third-order valence-corrected chi connectivity index (χ3v) is 4.90. The van der Waals surface area contributed by atoms with Crippen LogP contribution in [0, 0.1) is 6.92 Å². The molecule has 1 nitrogen and oxygen atoms in total. The van der Waals surface area contributed by atoms with Gasteiger partial charge in [-0.25, -0.2) is 0 Å². The quantitative estimate of drug-likeness (QED) is 0.700. The number of rotatable bonds is 2. The van der Waals surface area contributed by atoms with Gasteiger partial charge in [0, 0.05) is 9.17 Å². The number of hydrogen-bond acceptors (Lipinski definition) is 2. The van der Waals surface area contributed by atoms with E-state index in [0.717, 1.165) is 4.47 Å². The van der Waals surface area contributed by atoms with Gasteiger partial charge in [0.1, 0.15) is 0 Å². The van der Waals surface area contributed by atoms with Crippen LogP contribution in [0.15, 0.2) is 52.3 Å². The highest BCUT2D eigenvalue weighted by Gasteiger charge is 2.15. The first kappa shape index (κ1) is 12.9. The zero-order valence-electron chi connectivity index (χ0n) is 10.6. The number of hydrogen-bond donors (Lipinski definition) is 1. The third kappa shape index (κ3) is 2.34. The highest BCUT2D eigenvalue weighted by atomic mass is 79.9. The van der Waals surface area contributed by atoms with Crippen LogP contribution in [0.1, 0.15) is 22.7 Å². The fourth-order valence-electron chi connectivity index (χ4n) is 2.35. The predicted molar refractivity (Wildman–Crippen MR) is 86.7 cm³/mol. The van der Waals surface area contributed by atoms with E-state index in [4.69, 9.17) is 5.73 Å². The average molecular weight is 332 g/mol. The molecule has 0 bridgehead atoms. The van der Waals surface area contributed by atoms with Gasteiger partial charge >= 0.3 is 0 Å². The van der Waals surface area contributed by atoms with Gasteiger partial charge in [-0.05, 0) is 52.6 Å². The largest absolute Gasteiger partial charge is 0.320 e. The molecule has 0 aliphatic carbocycles. The standard InChI is InChI=1S/C16H14BrNS/c1-10-6-7-11(17)8-13(10)16(18)14-9-19-15-5-3-2-4-12(14)15/h2-9,16H,18H2,1H3. The highest BCUT2D eigenvalue weighted by Crippen LogP contribution is 2.34. The molecular weight excluding hydrogens is 318 g/mol. The van der Waals surface area contributed by atoms with Gasteiger partial charge in [-0.2, -0.15) is 0 Å². The second-order valence-corrected chi connectivity index (χ2v) is 6.49. The van der Waals surface area contributed by atoms with Gasteiger partial charge in [0.25, 0.3) is 0 Å². The molecule has 0 radical (unpaired) electrons. The third-order valence-electron chi connectivity index (χ3n) is 3.42. The van der Waals surface area contributed by atoms with Crippen LogP contribution in [0.25, 0.3) is 10.1 Å². The van der Waals surface area contributed by atoms with Crippen LogP contribution in [0.4, 0.5) is 0 Å². The second-order valence-electron chi connectivity index (χ2n) is 4.67. The molecule has 0 amide bonds. The summed E-state index contributed by atoms with van der Waals surface area (Å²) in [7, 11) is 0. The Morgan fingerprint density at radius 2 is 1.89 bits per heavy atom. The van der Waals surface area contributed by atoms with E-state index in [-0.39, 0.29) is 6.04 Å². The Hall–Kier alpha value is -1.16. The molecule has 0 aliphatic rings. The Bertz CT molecular complexity index is 732. The maximum absolute atomic E-state index is 6.48. The van der Waals surface area contributed by atoms with Crippen LogP contribution in [0.5, 0.6) is 0 Å². The van der Waals surface area contributed by atoms with Crippen molar-refractivity contribution >= 4 is 37.4 Å². The number of fused-ring (bicyclic) bond motifs is 1. The number of thiophene rings is 1. The summed E-state index contributed by atoms with van der Waals surface area (Å²) in [5, 5.41) is 3.44. The van der Waals surface area contributed by atoms with E-state index in [1.807, 2.05) is 0 Å². The van der Waals surface area contributed by atoms with E-state index in [0.29, 0.717) is 0 Å². The zero-order valence-corrected chi connectivity index (χ0v) is 13.0. The summed E-state index contributed by atoms with van der Waals surface area (Å²) >= 11 is 5.28. The van der Waals surface area contributed by atoms with Crippen LogP contribution >= 0.6 is 27.3 Å². The van der Waals surface area contributed by atoms with Crippen molar-refractivity contribution in [2.24, 2.45) is 5.73 Å². The Morgan fingerprint density at radius 1 is 1.11 bits per heavy atom. The fourth-order valence-corrected chi connectivity index (χ4v) is 3.73. The molecular formula is C16H14BrNS. The van der Waals surface area contributed by atoms with Gasteiger partial charge in [-0.3, -0.25) is 0 Å². The Balaban J connectivity index is 2.13. The van der Waals surface area contributed by atoms with E-state index in [9.17, 15) is 0 Å². The molecule has 96 valence electrons. The minimum absolute atomic E-state index is 0.0753. The van der Waals surface area contributed by atoms with Gasteiger partial charge in [-0.1, -0.05) is 40.2 Å². The molecule has 0 aliphatic heterocycles. The molecule has 3 rings (SSSR count). The summed E-state index contributed by atoms with van der Waals surface area (Å²) in [5.74, 6) is 0. The van der Waals surface area contributed by atoms with Crippen LogP contribution in [0.2, 0.25) is 0 Å². The Morgan fingerprint density at radius 3 is 2.74 bits per heavy atom. The molecule has 1 aromatic heterocycles. The normalized spacial score (nSPS) is 12.8. The molecule has 19 heavy (non-hydrogen) atoms. The molecule has 0 fully saturated rings. The number of aryl methyl sites for hydroxylation is 1. The Kier molecular flexibility index (Phi) is 3.44. The van der Waals surface area contributed by atoms with Crippen molar-refractivity contribution in [2.75, 3.05) is 0 Å². The van der Waals surface area contributed by atoms with Gasteiger partial charge in [-0.15, -0.1) is 11.3 Å². The predicted octanol–water partition coefficient (Wildman–Crippen LogP) is 5.02. The molecule has 2 aromatic carbocycles. The summed E-state index contributed by atoms with van der Waals surface area (Å²) in [6.07, 6.45) is 0. The first-order chi connectivity index (χ1) is 9.16. The van der Waals surface area contributed by atoms with Crippen LogP contribution in [0.3, 0.4) is 0 Å². The van der Waals surface area contributed by atoms with Crippen molar-refractivity contribution in [3.63, 3.8) is 0 Å². The van der Waals surface area contributed by atoms with Crippen molar-refractivity contribution in [2.45, 2.75) is 13.0 Å². The summed E-state index contributed by atoms with van der Waals surface area (Å²) < 4.78 is 2.36. The summed E-state index contributed by atoms with van der Waals surface area (Å²) in [6, 6.07) is 14.6. The maximum Gasteiger partial charge on any atom is 0.0569 e. The zero-order chi connectivity index (χ0) is 13.4. The topological polar surface area (TPSA) is 26.0 Å². The van der Waals surface area contributed by atoms with Crippen LogP contribution in [-0.4, -0.2) is 0 Å². The van der Waals surface area contributed by atoms with Gasteiger partial charge < -0.3 is 5.73 Å². The molecule has 0 saturated carbocycles. The highest BCUT2D eigenvalue weighted by molar-refractivity contribution is 9.10. The van der Waals surface area contributed by atoms with E-state index < -0.39 is 0 Å². The number of nitrogens with two attached hydrogens (primary N) is 1. The Labute approximate surface area is 125 Å². The number of benzene rings is 2.